The molecule has 0 spiro atoms. The highest BCUT2D eigenvalue weighted by Crippen LogP contribution is 2.25. The molecule has 1 aromatic rings. The predicted octanol–water partition coefficient (Wildman–Crippen LogP) is 3.85. The zero-order valence-corrected chi connectivity index (χ0v) is 12.3. The molecular weight excluding hydrogens is 234 g/mol. The van der Waals surface area contributed by atoms with E-state index in [-0.39, 0.29) is 0 Å². The zero-order chi connectivity index (χ0) is 14.1. The maximum absolute atomic E-state index is 5.33. The molecule has 0 aromatic heterocycles. The highest BCUT2D eigenvalue weighted by Gasteiger charge is 2.11. The monoisotopic (exact) mass is 259 g/mol. The van der Waals surface area contributed by atoms with Crippen LogP contribution in [0.5, 0.6) is 5.75 Å². The van der Waals surface area contributed by atoms with Crippen molar-refractivity contribution in [3.8, 4) is 18.1 Å². The summed E-state index contributed by atoms with van der Waals surface area (Å²) in [6.45, 7) is 5.30. The normalized spacial score (nSPS) is 11.9. The molecular formula is C17H25NO. The Bertz CT molecular complexity index is 420. The summed E-state index contributed by atoms with van der Waals surface area (Å²) in [6, 6.07) is 6.79. The lowest BCUT2D eigenvalue weighted by molar-refractivity contribution is 0.410. The van der Waals surface area contributed by atoms with Crippen LogP contribution in [0.3, 0.4) is 0 Å². The van der Waals surface area contributed by atoms with E-state index in [1.54, 1.807) is 7.11 Å². The van der Waals surface area contributed by atoms with Crippen molar-refractivity contribution in [2.75, 3.05) is 13.7 Å². The van der Waals surface area contributed by atoms with Crippen molar-refractivity contribution in [1.82, 2.24) is 5.32 Å². The van der Waals surface area contributed by atoms with Crippen LogP contribution < -0.4 is 10.1 Å². The summed E-state index contributed by atoms with van der Waals surface area (Å²) in [6.07, 6.45) is 9.45. The smallest absolute Gasteiger partial charge is 0.121 e. The van der Waals surface area contributed by atoms with Gasteiger partial charge in [0.15, 0.2) is 0 Å². The van der Waals surface area contributed by atoms with Crippen molar-refractivity contribution in [1.29, 1.82) is 0 Å². The minimum Gasteiger partial charge on any atom is -0.496 e. The Morgan fingerprint density at radius 1 is 1.42 bits per heavy atom. The Labute approximate surface area is 117 Å². The highest BCUT2D eigenvalue weighted by atomic mass is 16.5. The van der Waals surface area contributed by atoms with E-state index in [1.807, 2.05) is 6.07 Å². The first kappa shape index (κ1) is 15.6. The van der Waals surface area contributed by atoms with Gasteiger partial charge in [0, 0.05) is 12.5 Å². The second kappa shape index (κ2) is 8.61. The van der Waals surface area contributed by atoms with E-state index in [2.05, 4.69) is 37.2 Å². The molecule has 0 bridgehead atoms. The van der Waals surface area contributed by atoms with Crippen molar-refractivity contribution in [3.63, 3.8) is 0 Å². The lowest BCUT2D eigenvalue weighted by atomic mass is 9.99. The Morgan fingerprint density at radius 2 is 2.21 bits per heavy atom. The van der Waals surface area contributed by atoms with Crippen LogP contribution in [0.25, 0.3) is 0 Å². The predicted molar refractivity (Wildman–Crippen MR) is 81.4 cm³/mol. The van der Waals surface area contributed by atoms with Crippen LogP contribution in [0, 0.1) is 19.3 Å². The van der Waals surface area contributed by atoms with Gasteiger partial charge in [0.25, 0.3) is 0 Å². The van der Waals surface area contributed by atoms with E-state index in [9.17, 15) is 0 Å². The summed E-state index contributed by atoms with van der Waals surface area (Å²) in [7, 11) is 1.71. The molecule has 0 radical (unpaired) electrons. The van der Waals surface area contributed by atoms with Gasteiger partial charge in [0.05, 0.1) is 7.11 Å². The second-order valence-electron chi connectivity index (χ2n) is 4.83. The maximum Gasteiger partial charge on any atom is 0.121 e. The number of unbranched alkanes of at least 4 members (excludes halogenated alkanes) is 1. The molecule has 2 heteroatoms. The van der Waals surface area contributed by atoms with Gasteiger partial charge >= 0.3 is 0 Å². The fourth-order valence-electron chi connectivity index (χ4n) is 2.23. The third-order valence-electron chi connectivity index (χ3n) is 3.28. The largest absolute Gasteiger partial charge is 0.496 e. The number of hydrogen-bond acceptors (Lipinski definition) is 2. The lowest BCUT2D eigenvalue weighted by Crippen LogP contribution is -2.22. The molecule has 1 atom stereocenters. The lowest BCUT2D eigenvalue weighted by Gasteiger charge is -2.20. The number of hydrogen-bond donors (Lipinski definition) is 1. The van der Waals surface area contributed by atoms with Gasteiger partial charge in [-0.3, -0.25) is 0 Å². The first-order valence-electron chi connectivity index (χ1n) is 7.04. The molecule has 0 saturated carbocycles. The molecule has 104 valence electrons. The number of nitrogens with one attached hydrogen (secondary N) is 1. The Hall–Kier alpha value is -1.46. The molecule has 0 amide bonds. The molecule has 0 saturated heterocycles. The van der Waals surface area contributed by atoms with Crippen LogP contribution in [0.15, 0.2) is 18.2 Å². The van der Waals surface area contributed by atoms with Crippen LogP contribution in [0.4, 0.5) is 0 Å². The summed E-state index contributed by atoms with van der Waals surface area (Å²) in [5, 5.41) is 3.60. The minimum absolute atomic E-state index is 0.387. The number of methoxy groups -OCH3 is 1. The Balaban J connectivity index is 2.77. The van der Waals surface area contributed by atoms with Gasteiger partial charge < -0.3 is 10.1 Å². The van der Waals surface area contributed by atoms with Crippen molar-refractivity contribution < 1.29 is 4.74 Å². The minimum atomic E-state index is 0.387. The summed E-state index contributed by atoms with van der Waals surface area (Å²) in [4.78, 5) is 0. The summed E-state index contributed by atoms with van der Waals surface area (Å²) >= 11 is 0. The second-order valence-corrected chi connectivity index (χ2v) is 4.83. The topological polar surface area (TPSA) is 21.3 Å². The quantitative estimate of drug-likeness (QED) is 0.565. The van der Waals surface area contributed by atoms with E-state index in [4.69, 9.17) is 11.2 Å². The van der Waals surface area contributed by atoms with Gasteiger partial charge in [0.2, 0.25) is 0 Å². The molecule has 0 aliphatic rings. The summed E-state index contributed by atoms with van der Waals surface area (Å²) < 4.78 is 5.31. The van der Waals surface area contributed by atoms with Gasteiger partial charge in [0.1, 0.15) is 5.75 Å². The molecule has 1 N–H and O–H groups in total. The SMILES string of the molecule is C#CCCCC(NCCC)c1ccc(OC)c(C)c1. The van der Waals surface area contributed by atoms with Crippen LogP contribution in [0.1, 0.15) is 49.8 Å². The summed E-state index contributed by atoms with van der Waals surface area (Å²) in [5.41, 5.74) is 2.50. The zero-order valence-electron chi connectivity index (χ0n) is 12.3. The fraction of sp³-hybridized carbons (Fsp3) is 0.529. The average molecular weight is 259 g/mol. The van der Waals surface area contributed by atoms with Crippen LogP contribution in [-0.4, -0.2) is 13.7 Å². The van der Waals surface area contributed by atoms with Crippen molar-refractivity contribution in [2.24, 2.45) is 0 Å². The number of rotatable bonds is 8. The third-order valence-corrected chi connectivity index (χ3v) is 3.28. The van der Waals surface area contributed by atoms with Crippen LogP contribution in [0.2, 0.25) is 0 Å². The Morgan fingerprint density at radius 3 is 2.79 bits per heavy atom. The number of benzene rings is 1. The summed E-state index contributed by atoms with van der Waals surface area (Å²) in [5.74, 6) is 3.66. The van der Waals surface area contributed by atoms with E-state index >= 15 is 0 Å². The number of ether oxygens (including phenoxy) is 1. The maximum atomic E-state index is 5.33. The molecule has 0 heterocycles. The molecule has 0 aliphatic heterocycles. The van der Waals surface area contributed by atoms with Crippen LogP contribution in [-0.2, 0) is 0 Å². The first-order chi connectivity index (χ1) is 9.22. The first-order valence-corrected chi connectivity index (χ1v) is 7.04. The molecule has 19 heavy (non-hydrogen) atoms. The standard InChI is InChI=1S/C17H25NO/c1-5-7-8-9-16(18-12-6-2)15-10-11-17(19-4)14(3)13-15/h1,10-11,13,16,18H,6-9,12H2,2-4H3. The molecule has 1 unspecified atom stereocenters. The van der Waals surface area contributed by atoms with Crippen molar-refractivity contribution in [2.45, 2.75) is 45.6 Å². The van der Waals surface area contributed by atoms with Gasteiger partial charge in [-0.05, 0) is 49.9 Å². The van der Waals surface area contributed by atoms with Gasteiger partial charge in [-0.25, -0.2) is 0 Å². The fourth-order valence-corrected chi connectivity index (χ4v) is 2.23. The Kier molecular flexibility index (Phi) is 7.07. The number of aryl methyl sites for hydroxylation is 1. The van der Waals surface area contributed by atoms with Crippen molar-refractivity contribution >= 4 is 0 Å². The van der Waals surface area contributed by atoms with Crippen LogP contribution >= 0.6 is 0 Å². The van der Waals surface area contributed by atoms with Gasteiger partial charge in [-0.1, -0.05) is 19.1 Å². The molecule has 2 nitrogen and oxygen atoms in total. The van der Waals surface area contributed by atoms with E-state index in [0.29, 0.717) is 6.04 Å². The van der Waals surface area contributed by atoms with Gasteiger partial charge in [-0.15, -0.1) is 12.3 Å². The highest BCUT2D eigenvalue weighted by molar-refractivity contribution is 5.37. The molecule has 1 aromatic carbocycles. The van der Waals surface area contributed by atoms with E-state index in [0.717, 1.165) is 38.0 Å². The molecule has 0 aliphatic carbocycles. The molecule has 1 rings (SSSR count). The van der Waals surface area contributed by atoms with E-state index < -0.39 is 0 Å². The van der Waals surface area contributed by atoms with Crippen molar-refractivity contribution in [3.05, 3.63) is 29.3 Å². The molecule has 0 fully saturated rings. The average Bonchev–Trinajstić information content (AvgIpc) is 2.42. The van der Waals surface area contributed by atoms with E-state index in [1.165, 1.54) is 11.1 Å². The third kappa shape index (κ3) is 4.96. The van der Waals surface area contributed by atoms with Gasteiger partial charge in [-0.2, -0.15) is 0 Å². The number of terminal acetylenes is 1.